The number of Topliss-reactive ketones (excluding diaryl/α,β-unsaturated/α-hetero) is 1. The highest BCUT2D eigenvalue weighted by Crippen LogP contribution is 2.59. The van der Waals surface area contributed by atoms with Gasteiger partial charge in [-0.15, -0.1) is 0 Å². The number of fused-ring (bicyclic) bond motifs is 5. The number of hydrogen-bond donors (Lipinski definition) is 3. The van der Waals surface area contributed by atoms with Crippen LogP contribution < -0.4 is 15.8 Å². The zero-order valence-corrected chi connectivity index (χ0v) is 14.8. The van der Waals surface area contributed by atoms with Crippen LogP contribution in [0.5, 0.6) is 5.75 Å². The fourth-order valence-electron chi connectivity index (χ4n) is 4.01. The van der Waals surface area contributed by atoms with Crippen LogP contribution >= 0.6 is 0 Å². The molecule has 4 rings (SSSR count). The van der Waals surface area contributed by atoms with E-state index >= 15 is 0 Å². The van der Waals surface area contributed by atoms with Crippen molar-refractivity contribution >= 4 is 17.4 Å². The zero-order chi connectivity index (χ0) is 18.9. The average Bonchev–Trinajstić information content (AvgIpc) is 2.92. The van der Waals surface area contributed by atoms with E-state index in [1.807, 2.05) is 19.9 Å². The number of rotatable bonds is 2. The molecular formula is C20H20N2O4. The highest BCUT2D eigenvalue weighted by molar-refractivity contribution is 6.15. The third-order valence-corrected chi connectivity index (χ3v) is 5.24. The third-order valence-electron chi connectivity index (χ3n) is 5.24. The molecule has 2 aromatic rings. The molecule has 1 aliphatic carbocycles. The lowest BCUT2D eigenvalue weighted by Crippen LogP contribution is -2.59. The van der Waals surface area contributed by atoms with Crippen LogP contribution in [0.3, 0.4) is 0 Å². The highest BCUT2D eigenvalue weighted by atomic mass is 16.6. The summed E-state index contributed by atoms with van der Waals surface area (Å²) in [6.45, 7) is 5.38. The Kier molecular flexibility index (Phi) is 3.24. The molecule has 0 bridgehead atoms. The van der Waals surface area contributed by atoms with Gasteiger partial charge in [0.2, 0.25) is 17.2 Å². The van der Waals surface area contributed by atoms with Crippen LogP contribution in [0.25, 0.3) is 0 Å². The topological polar surface area (TPSA) is 102 Å². The smallest absolute Gasteiger partial charge is 0.271 e. The van der Waals surface area contributed by atoms with Gasteiger partial charge in [-0.2, -0.15) is 0 Å². The minimum Gasteiger partial charge on any atom is -0.454 e. The Morgan fingerprint density at radius 2 is 1.96 bits per heavy atom. The van der Waals surface area contributed by atoms with Crippen molar-refractivity contribution in [1.29, 1.82) is 0 Å². The Hall–Kier alpha value is -2.86. The summed E-state index contributed by atoms with van der Waals surface area (Å²) in [7, 11) is 0. The third kappa shape index (κ3) is 1.79. The second-order valence-corrected chi connectivity index (χ2v) is 7.19. The number of nitrogens with two attached hydrogens (primary N) is 1. The minimum absolute atomic E-state index is 0.183. The van der Waals surface area contributed by atoms with Crippen molar-refractivity contribution < 1.29 is 19.4 Å². The van der Waals surface area contributed by atoms with Gasteiger partial charge in [0, 0.05) is 23.7 Å². The quantitative estimate of drug-likeness (QED) is 0.719. The first-order valence-corrected chi connectivity index (χ1v) is 8.50. The number of aliphatic hydroxyl groups is 1. The molecule has 2 aromatic carbocycles. The predicted octanol–water partition coefficient (Wildman–Crippen LogP) is 2.16. The summed E-state index contributed by atoms with van der Waals surface area (Å²) in [5, 5.41) is 14.2. The van der Waals surface area contributed by atoms with Gasteiger partial charge in [-0.1, -0.05) is 38.1 Å². The Morgan fingerprint density at radius 3 is 2.62 bits per heavy atom. The molecule has 26 heavy (non-hydrogen) atoms. The van der Waals surface area contributed by atoms with Crippen LogP contribution in [-0.4, -0.2) is 16.8 Å². The van der Waals surface area contributed by atoms with Crippen molar-refractivity contribution in [3.05, 3.63) is 58.7 Å². The summed E-state index contributed by atoms with van der Waals surface area (Å²) in [5.74, 6) is -2.34. The van der Waals surface area contributed by atoms with Gasteiger partial charge in [0.15, 0.2) is 0 Å². The second-order valence-electron chi connectivity index (χ2n) is 7.19. The maximum Gasteiger partial charge on any atom is 0.271 e. The summed E-state index contributed by atoms with van der Waals surface area (Å²) < 4.78 is 5.93. The number of amides is 1. The zero-order valence-electron chi connectivity index (χ0n) is 14.8. The average molecular weight is 352 g/mol. The molecule has 4 N–H and O–H groups in total. The second kappa shape index (κ2) is 5.08. The minimum atomic E-state index is -2.04. The van der Waals surface area contributed by atoms with Crippen molar-refractivity contribution in [2.24, 2.45) is 0 Å². The number of carbonyl (C=O) groups excluding carboxylic acids is 2. The number of benzene rings is 2. The van der Waals surface area contributed by atoms with Crippen molar-refractivity contribution in [2.75, 3.05) is 5.73 Å². The standard InChI is InChI=1S/C20H20N2O4/c1-10(2)12-7-8-13-16(9-12)26-20(25)14-5-4-6-15(21)17(14)18(24)19(13,20)22-11(3)23/h4-10,25H,21H2,1-3H3,(H,22,23)/t19-,20-/m0/s1. The number of anilines is 1. The number of carbonyl (C=O) groups is 2. The van der Waals surface area contributed by atoms with Gasteiger partial charge in [-0.3, -0.25) is 9.59 Å². The van der Waals surface area contributed by atoms with E-state index < -0.39 is 23.0 Å². The number of ether oxygens (including phenoxy) is 1. The number of ketones is 1. The lowest BCUT2D eigenvalue weighted by molar-refractivity contribution is -0.175. The van der Waals surface area contributed by atoms with Crippen molar-refractivity contribution in [3.8, 4) is 5.75 Å². The maximum absolute atomic E-state index is 13.4. The summed E-state index contributed by atoms with van der Waals surface area (Å²) in [6, 6.07) is 10.3. The molecular weight excluding hydrogens is 332 g/mol. The fraction of sp³-hybridized carbons (Fsp3) is 0.300. The van der Waals surface area contributed by atoms with Gasteiger partial charge in [-0.05, 0) is 23.6 Å². The van der Waals surface area contributed by atoms with Crippen molar-refractivity contribution in [2.45, 2.75) is 38.0 Å². The van der Waals surface area contributed by atoms with Crippen LogP contribution in [0.15, 0.2) is 36.4 Å². The largest absolute Gasteiger partial charge is 0.454 e. The molecule has 2 atom stereocenters. The molecule has 134 valence electrons. The molecule has 1 amide bonds. The number of nitrogen functional groups attached to an aromatic ring is 1. The molecule has 0 aromatic heterocycles. The molecule has 2 aliphatic rings. The molecule has 0 radical (unpaired) electrons. The van der Waals surface area contributed by atoms with E-state index in [-0.39, 0.29) is 22.7 Å². The molecule has 0 fully saturated rings. The van der Waals surface area contributed by atoms with Crippen LogP contribution in [0.4, 0.5) is 5.69 Å². The van der Waals surface area contributed by atoms with E-state index in [1.54, 1.807) is 30.3 Å². The monoisotopic (exact) mass is 352 g/mol. The summed E-state index contributed by atoms with van der Waals surface area (Å²) in [4.78, 5) is 25.4. The van der Waals surface area contributed by atoms with E-state index in [0.29, 0.717) is 11.3 Å². The molecule has 6 heteroatoms. The van der Waals surface area contributed by atoms with Crippen LogP contribution in [0.1, 0.15) is 53.7 Å². The van der Waals surface area contributed by atoms with Crippen molar-refractivity contribution in [1.82, 2.24) is 5.32 Å². The Morgan fingerprint density at radius 1 is 1.23 bits per heavy atom. The van der Waals surface area contributed by atoms with E-state index in [0.717, 1.165) is 5.56 Å². The fourth-order valence-corrected chi connectivity index (χ4v) is 4.01. The van der Waals surface area contributed by atoms with Gasteiger partial charge in [0.25, 0.3) is 5.79 Å². The van der Waals surface area contributed by atoms with Crippen molar-refractivity contribution in [3.63, 3.8) is 0 Å². The Bertz CT molecular complexity index is 968. The van der Waals surface area contributed by atoms with E-state index in [4.69, 9.17) is 10.5 Å². The lowest BCUT2D eigenvalue weighted by atomic mass is 9.82. The summed E-state index contributed by atoms with van der Waals surface area (Å²) >= 11 is 0. The van der Waals surface area contributed by atoms with E-state index in [2.05, 4.69) is 5.32 Å². The van der Waals surface area contributed by atoms with E-state index in [1.165, 1.54) is 6.92 Å². The van der Waals surface area contributed by atoms with Crippen LogP contribution in [0, 0.1) is 0 Å². The first kappa shape index (κ1) is 16.6. The highest BCUT2D eigenvalue weighted by Gasteiger charge is 2.71. The van der Waals surface area contributed by atoms with Gasteiger partial charge in [0.05, 0.1) is 5.56 Å². The molecule has 6 nitrogen and oxygen atoms in total. The van der Waals surface area contributed by atoms with Crippen LogP contribution in [-0.2, 0) is 16.1 Å². The molecule has 1 aliphatic heterocycles. The molecule has 0 spiro atoms. The Balaban J connectivity index is 2.03. The first-order chi connectivity index (χ1) is 12.2. The lowest BCUT2D eigenvalue weighted by Gasteiger charge is -2.34. The maximum atomic E-state index is 13.4. The predicted molar refractivity (Wildman–Crippen MR) is 95.7 cm³/mol. The number of nitrogens with one attached hydrogen (secondary N) is 1. The molecule has 0 unspecified atom stereocenters. The number of hydrogen-bond acceptors (Lipinski definition) is 5. The molecule has 0 saturated heterocycles. The van der Waals surface area contributed by atoms with Gasteiger partial charge < -0.3 is 20.9 Å². The van der Waals surface area contributed by atoms with E-state index in [9.17, 15) is 14.7 Å². The van der Waals surface area contributed by atoms with Gasteiger partial charge >= 0.3 is 0 Å². The first-order valence-electron chi connectivity index (χ1n) is 8.50. The summed E-state index contributed by atoms with van der Waals surface area (Å²) in [6.07, 6.45) is 0. The Labute approximate surface area is 151 Å². The molecule has 1 heterocycles. The summed E-state index contributed by atoms with van der Waals surface area (Å²) in [5.41, 5.74) is 6.37. The van der Waals surface area contributed by atoms with Gasteiger partial charge in [-0.25, -0.2) is 0 Å². The van der Waals surface area contributed by atoms with Gasteiger partial charge in [0.1, 0.15) is 5.75 Å². The normalized spacial score (nSPS) is 25.5. The van der Waals surface area contributed by atoms with Crippen LogP contribution in [0.2, 0.25) is 0 Å². The molecule has 0 saturated carbocycles. The SMILES string of the molecule is CC(=O)N[C@@]12C(=O)c3c(N)cccc3[C@]1(O)Oc1cc(C(C)C)ccc12.